The van der Waals surface area contributed by atoms with E-state index in [1.807, 2.05) is 6.07 Å². The van der Waals surface area contributed by atoms with Crippen molar-refractivity contribution in [2.75, 3.05) is 20.6 Å². The summed E-state index contributed by atoms with van der Waals surface area (Å²) >= 11 is 0. The predicted octanol–water partition coefficient (Wildman–Crippen LogP) is 1.54. The molecule has 0 bridgehead atoms. The van der Waals surface area contributed by atoms with E-state index in [-0.39, 0.29) is 23.6 Å². The van der Waals surface area contributed by atoms with Gasteiger partial charge in [-0.15, -0.1) is 0 Å². The zero-order chi connectivity index (χ0) is 13.9. The Bertz CT molecular complexity index is 453. The average Bonchev–Trinajstić information content (AvgIpc) is 2.30. The Balaban J connectivity index is 1.87. The first kappa shape index (κ1) is 13.9. The molecule has 4 heteroatoms. The van der Waals surface area contributed by atoms with Crippen molar-refractivity contribution in [2.45, 2.75) is 31.2 Å². The van der Waals surface area contributed by atoms with Crippen LogP contribution in [0.15, 0.2) is 24.3 Å². The number of rotatable bonds is 5. The van der Waals surface area contributed by atoms with Gasteiger partial charge in [-0.1, -0.05) is 18.2 Å². The van der Waals surface area contributed by atoms with Crippen LogP contribution in [0.25, 0.3) is 0 Å². The van der Waals surface area contributed by atoms with Crippen molar-refractivity contribution >= 4 is 5.91 Å². The number of nitrogens with zero attached hydrogens (tertiary/aromatic N) is 1. The molecule has 0 unspecified atom stereocenters. The van der Waals surface area contributed by atoms with Crippen molar-refractivity contribution in [1.29, 1.82) is 0 Å². The first-order chi connectivity index (χ1) is 9.03. The average molecular weight is 262 g/mol. The summed E-state index contributed by atoms with van der Waals surface area (Å²) in [6, 6.07) is 6.97. The fourth-order valence-electron chi connectivity index (χ4n) is 2.53. The van der Waals surface area contributed by atoms with Crippen LogP contribution in [0.2, 0.25) is 0 Å². The molecule has 0 heterocycles. The van der Waals surface area contributed by atoms with Gasteiger partial charge >= 0.3 is 0 Å². The molecule has 19 heavy (non-hydrogen) atoms. The van der Waals surface area contributed by atoms with Gasteiger partial charge in [-0.05, 0) is 39.4 Å². The molecule has 104 valence electrons. The number of phenolic OH excluding ortho intramolecular Hbond substituents is 1. The van der Waals surface area contributed by atoms with E-state index >= 15 is 0 Å². The molecule has 0 atom stereocenters. The lowest BCUT2D eigenvalue weighted by molar-refractivity contribution is -0.121. The number of para-hydroxylation sites is 1. The van der Waals surface area contributed by atoms with Gasteiger partial charge in [0.15, 0.2) is 0 Å². The van der Waals surface area contributed by atoms with Crippen molar-refractivity contribution in [3.8, 4) is 5.75 Å². The Hall–Kier alpha value is -1.55. The molecule has 1 fully saturated rings. The maximum absolute atomic E-state index is 11.9. The van der Waals surface area contributed by atoms with Crippen LogP contribution in [-0.4, -0.2) is 42.1 Å². The smallest absolute Gasteiger partial charge is 0.224 e. The van der Waals surface area contributed by atoms with Gasteiger partial charge in [0.2, 0.25) is 5.91 Å². The lowest BCUT2D eigenvalue weighted by Crippen LogP contribution is -2.57. The van der Waals surface area contributed by atoms with Crippen molar-refractivity contribution in [3.63, 3.8) is 0 Å². The van der Waals surface area contributed by atoms with Gasteiger partial charge < -0.3 is 15.3 Å². The first-order valence-electron chi connectivity index (χ1n) is 6.74. The summed E-state index contributed by atoms with van der Waals surface area (Å²) in [6.07, 6.45) is 3.73. The second-order valence-corrected chi connectivity index (χ2v) is 5.55. The zero-order valence-electron chi connectivity index (χ0n) is 11.6. The topological polar surface area (TPSA) is 52.6 Å². The zero-order valence-corrected chi connectivity index (χ0v) is 11.6. The summed E-state index contributed by atoms with van der Waals surface area (Å²) in [5.41, 5.74) is 0.807. The van der Waals surface area contributed by atoms with Crippen molar-refractivity contribution < 1.29 is 9.90 Å². The molecule has 1 aromatic rings. The number of aromatic hydroxyl groups is 1. The maximum atomic E-state index is 11.9. The maximum Gasteiger partial charge on any atom is 0.224 e. The molecule has 1 aliphatic carbocycles. The van der Waals surface area contributed by atoms with Crippen molar-refractivity contribution in [1.82, 2.24) is 10.2 Å². The molecule has 2 N–H and O–H groups in total. The second kappa shape index (κ2) is 5.61. The number of amides is 1. The van der Waals surface area contributed by atoms with Crippen molar-refractivity contribution in [2.24, 2.45) is 0 Å². The number of benzene rings is 1. The lowest BCUT2D eigenvalue weighted by atomic mass is 9.75. The standard InChI is InChI=1S/C15H22N2O2/c1-17(2)15(8-5-9-15)11-16-14(19)10-12-6-3-4-7-13(12)18/h3-4,6-7,18H,5,8-11H2,1-2H3,(H,16,19). The SMILES string of the molecule is CN(C)C1(CNC(=O)Cc2ccccc2O)CCC1. The number of nitrogens with one attached hydrogen (secondary N) is 1. The van der Waals surface area contributed by atoms with Crippen molar-refractivity contribution in [3.05, 3.63) is 29.8 Å². The number of carbonyl (C=O) groups is 1. The van der Waals surface area contributed by atoms with Crippen LogP contribution < -0.4 is 5.32 Å². The summed E-state index contributed by atoms with van der Waals surface area (Å²) in [4.78, 5) is 14.1. The van der Waals surface area contributed by atoms with E-state index < -0.39 is 0 Å². The van der Waals surface area contributed by atoms with Gasteiger partial charge in [-0.3, -0.25) is 4.79 Å². The minimum atomic E-state index is -0.0328. The second-order valence-electron chi connectivity index (χ2n) is 5.55. The number of phenols is 1. The van der Waals surface area contributed by atoms with E-state index in [0.717, 1.165) is 12.8 Å². The molecule has 1 amide bonds. The number of likely N-dealkylation sites (N-methyl/N-ethyl adjacent to an activating group) is 1. The van der Waals surface area contributed by atoms with E-state index in [4.69, 9.17) is 0 Å². The molecular formula is C15H22N2O2. The minimum absolute atomic E-state index is 0.0328. The third-order valence-electron chi connectivity index (χ3n) is 4.19. The number of hydrogen-bond donors (Lipinski definition) is 2. The van der Waals surface area contributed by atoms with Crippen LogP contribution in [0.5, 0.6) is 5.75 Å². The summed E-state index contributed by atoms with van der Waals surface area (Å²) < 4.78 is 0. The van der Waals surface area contributed by atoms with E-state index in [9.17, 15) is 9.90 Å². The highest BCUT2D eigenvalue weighted by Gasteiger charge is 2.39. The Kier molecular flexibility index (Phi) is 4.10. The monoisotopic (exact) mass is 262 g/mol. The molecule has 0 aliphatic heterocycles. The van der Waals surface area contributed by atoms with Gasteiger partial charge in [-0.2, -0.15) is 0 Å². The van der Waals surface area contributed by atoms with Crippen LogP contribution in [-0.2, 0) is 11.2 Å². The van der Waals surface area contributed by atoms with Gasteiger partial charge in [0, 0.05) is 17.6 Å². The third kappa shape index (κ3) is 3.07. The Morgan fingerprint density at radius 1 is 1.37 bits per heavy atom. The van der Waals surface area contributed by atoms with E-state index in [1.54, 1.807) is 18.2 Å². The van der Waals surface area contributed by atoms with E-state index in [1.165, 1.54) is 6.42 Å². The molecule has 1 aliphatic rings. The van der Waals surface area contributed by atoms with E-state index in [2.05, 4.69) is 24.3 Å². The Labute approximate surface area is 114 Å². The quantitative estimate of drug-likeness (QED) is 0.846. The van der Waals surface area contributed by atoms with Crippen LogP contribution in [0.4, 0.5) is 0 Å². The fourth-order valence-corrected chi connectivity index (χ4v) is 2.53. The lowest BCUT2D eigenvalue weighted by Gasteiger charge is -2.47. The normalized spacial score (nSPS) is 17.0. The first-order valence-corrected chi connectivity index (χ1v) is 6.74. The molecule has 0 radical (unpaired) electrons. The predicted molar refractivity (Wildman–Crippen MR) is 75.1 cm³/mol. The van der Waals surface area contributed by atoms with Gasteiger partial charge in [0.25, 0.3) is 0 Å². The summed E-state index contributed by atoms with van der Waals surface area (Å²) in [7, 11) is 4.13. The Morgan fingerprint density at radius 2 is 2.05 bits per heavy atom. The van der Waals surface area contributed by atoms with Gasteiger partial charge in [0.05, 0.1) is 6.42 Å². The molecule has 1 aromatic carbocycles. The van der Waals surface area contributed by atoms with Crippen LogP contribution >= 0.6 is 0 Å². The number of hydrogen-bond acceptors (Lipinski definition) is 3. The highest BCUT2D eigenvalue weighted by Crippen LogP contribution is 2.35. The minimum Gasteiger partial charge on any atom is -0.508 e. The van der Waals surface area contributed by atoms with Crippen LogP contribution in [0, 0.1) is 0 Å². The van der Waals surface area contributed by atoms with Crippen LogP contribution in [0.1, 0.15) is 24.8 Å². The molecular weight excluding hydrogens is 240 g/mol. The fraction of sp³-hybridized carbons (Fsp3) is 0.533. The molecule has 0 saturated heterocycles. The van der Waals surface area contributed by atoms with Gasteiger partial charge in [0.1, 0.15) is 5.75 Å². The molecule has 0 spiro atoms. The highest BCUT2D eigenvalue weighted by atomic mass is 16.3. The van der Waals surface area contributed by atoms with Gasteiger partial charge in [-0.25, -0.2) is 0 Å². The Morgan fingerprint density at radius 3 is 2.58 bits per heavy atom. The highest BCUT2D eigenvalue weighted by molar-refractivity contribution is 5.79. The number of carbonyl (C=O) groups excluding carboxylic acids is 1. The molecule has 4 nitrogen and oxygen atoms in total. The van der Waals surface area contributed by atoms with Crippen LogP contribution in [0.3, 0.4) is 0 Å². The molecule has 2 rings (SSSR count). The summed E-state index contributed by atoms with van der Waals surface area (Å²) in [5, 5.41) is 12.6. The summed E-state index contributed by atoms with van der Waals surface area (Å²) in [5.74, 6) is 0.151. The third-order valence-corrected chi connectivity index (χ3v) is 4.19. The summed E-state index contributed by atoms with van der Waals surface area (Å²) in [6.45, 7) is 0.687. The van der Waals surface area contributed by atoms with E-state index in [0.29, 0.717) is 12.1 Å². The molecule has 1 saturated carbocycles. The molecule has 0 aromatic heterocycles. The largest absolute Gasteiger partial charge is 0.508 e.